The van der Waals surface area contributed by atoms with Crippen molar-refractivity contribution in [1.29, 1.82) is 0 Å². The first kappa shape index (κ1) is 17.7. The van der Waals surface area contributed by atoms with Crippen LogP contribution in [0.25, 0.3) is 11.5 Å². The van der Waals surface area contributed by atoms with Crippen molar-refractivity contribution in [2.24, 2.45) is 0 Å². The van der Waals surface area contributed by atoms with Gasteiger partial charge >= 0.3 is 0 Å². The van der Waals surface area contributed by atoms with E-state index in [4.69, 9.17) is 25.5 Å². The number of nitrogens with one attached hydrogen (secondary N) is 1. The number of rotatable bonds is 5. The number of carbonyl (C=O) groups is 1. The van der Waals surface area contributed by atoms with Gasteiger partial charge in [-0.3, -0.25) is 4.79 Å². The Morgan fingerprint density at radius 3 is 2.85 bits per heavy atom. The van der Waals surface area contributed by atoms with Gasteiger partial charge in [-0.15, -0.1) is 10.2 Å². The number of amides is 1. The lowest BCUT2D eigenvalue weighted by Crippen LogP contribution is -2.14. The Hall–Kier alpha value is -2.71. The second kappa shape index (κ2) is 7.50. The Balaban J connectivity index is 1.37. The summed E-state index contributed by atoms with van der Waals surface area (Å²) in [5.74, 6) is 1.36. The molecule has 1 aromatic heterocycles. The van der Waals surface area contributed by atoms with Crippen LogP contribution in [0.15, 0.2) is 46.0 Å². The number of ether oxygens (including phenoxy) is 2. The molecule has 0 radical (unpaired) electrons. The fourth-order valence-corrected chi connectivity index (χ4v) is 3.25. The van der Waals surface area contributed by atoms with Crippen LogP contribution >= 0.6 is 23.4 Å². The minimum atomic E-state index is -0.254. The van der Waals surface area contributed by atoms with E-state index >= 15 is 0 Å². The van der Waals surface area contributed by atoms with E-state index in [0.29, 0.717) is 33.3 Å². The van der Waals surface area contributed by atoms with Gasteiger partial charge in [0.1, 0.15) is 0 Å². The normalized spacial score (nSPS) is 12.2. The zero-order chi connectivity index (χ0) is 18.8. The standard InChI is InChI=1S/C18H14ClN3O4S/c1-10-3-2-4-11(5-10)17-21-22-18(26-17)27-8-16(23)20-13-7-15-14(6-12(13)19)24-9-25-15/h2-7H,8-9H2,1H3,(H,20,23). The fraction of sp³-hybridized carbons (Fsp3) is 0.167. The van der Waals surface area contributed by atoms with Gasteiger partial charge in [0, 0.05) is 17.7 Å². The monoisotopic (exact) mass is 403 g/mol. The molecule has 4 rings (SSSR count). The smallest absolute Gasteiger partial charge is 0.277 e. The van der Waals surface area contributed by atoms with Crippen LogP contribution in [-0.4, -0.2) is 28.7 Å². The zero-order valence-electron chi connectivity index (χ0n) is 14.2. The molecule has 0 saturated carbocycles. The number of carbonyl (C=O) groups excluding carboxylic acids is 1. The molecule has 2 heterocycles. The van der Waals surface area contributed by atoms with Crippen LogP contribution in [-0.2, 0) is 4.79 Å². The summed E-state index contributed by atoms with van der Waals surface area (Å²) < 4.78 is 16.1. The molecule has 0 spiro atoms. The highest BCUT2D eigenvalue weighted by atomic mass is 35.5. The summed E-state index contributed by atoms with van der Waals surface area (Å²) in [7, 11) is 0. The SMILES string of the molecule is Cc1cccc(-c2nnc(SCC(=O)Nc3cc4c(cc3Cl)OCO4)o2)c1. The third-order valence-corrected chi connectivity index (χ3v) is 4.87. The first-order valence-corrected chi connectivity index (χ1v) is 9.37. The van der Waals surface area contributed by atoms with Gasteiger partial charge in [-0.25, -0.2) is 0 Å². The molecule has 0 fully saturated rings. The summed E-state index contributed by atoms with van der Waals surface area (Å²) in [4.78, 5) is 12.2. The zero-order valence-corrected chi connectivity index (χ0v) is 15.8. The molecule has 1 aliphatic rings. The Bertz CT molecular complexity index is 1010. The number of hydrogen-bond donors (Lipinski definition) is 1. The van der Waals surface area contributed by atoms with E-state index in [1.54, 1.807) is 12.1 Å². The minimum absolute atomic E-state index is 0.0974. The number of hydrogen-bond acceptors (Lipinski definition) is 7. The Labute approximate surface area is 164 Å². The van der Waals surface area contributed by atoms with Gasteiger partial charge in [0.05, 0.1) is 16.5 Å². The van der Waals surface area contributed by atoms with E-state index in [1.807, 2.05) is 31.2 Å². The third kappa shape index (κ3) is 4.01. The first-order chi connectivity index (χ1) is 13.1. The number of nitrogens with zero attached hydrogens (tertiary/aromatic N) is 2. The van der Waals surface area contributed by atoms with Gasteiger partial charge in [-0.2, -0.15) is 0 Å². The highest BCUT2D eigenvalue weighted by Gasteiger charge is 2.18. The molecule has 1 amide bonds. The van der Waals surface area contributed by atoms with Crippen molar-refractivity contribution in [3.05, 3.63) is 47.0 Å². The Morgan fingerprint density at radius 2 is 2.04 bits per heavy atom. The molecule has 0 aliphatic carbocycles. The van der Waals surface area contributed by atoms with E-state index in [2.05, 4.69) is 15.5 Å². The number of fused-ring (bicyclic) bond motifs is 1. The predicted octanol–water partition coefficient (Wildman–Crippen LogP) is 4.16. The lowest BCUT2D eigenvalue weighted by molar-refractivity contribution is -0.113. The molecular formula is C18H14ClN3O4S. The molecule has 9 heteroatoms. The number of aryl methyl sites for hydroxylation is 1. The molecule has 138 valence electrons. The van der Waals surface area contributed by atoms with Crippen LogP contribution in [0.4, 0.5) is 5.69 Å². The van der Waals surface area contributed by atoms with Crippen molar-refractivity contribution in [3.63, 3.8) is 0 Å². The first-order valence-electron chi connectivity index (χ1n) is 8.01. The molecular weight excluding hydrogens is 390 g/mol. The summed E-state index contributed by atoms with van der Waals surface area (Å²) in [5.41, 5.74) is 2.39. The van der Waals surface area contributed by atoms with Crippen LogP contribution in [0.5, 0.6) is 11.5 Å². The highest BCUT2D eigenvalue weighted by Crippen LogP contribution is 2.39. The maximum Gasteiger partial charge on any atom is 0.277 e. The number of benzene rings is 2. The number of anilines is 1. The lowest BCUT2D eigenvalue weighted by atomic mass is 10.1. The van der Waals surface area contributed by atoms with Gasteiger partial charge in [0.25, 0.3) is 5.22 Å². The molecule has 7 nitrogen and oxygen atoms in total. The average molecular weight is 404 g/mol. The average Bonchev–Trinajstić information content (AvgIpc) is 3.29. The lowest BCUT2D eigenvalue weighted by Gasteiger charge is -2.07. The quantitative estimate of drug-likeness (QED) is 0.640. The molecule has 1 N–H and O–H groups in total. The number of halogens is 1. The van der Waals surface area contributed by atoms with Crippen LogP contribution < -0.4 is 14.8 Å². The fourth-order valence-electron chi connectivity index (χ4n) is 2.49. The van der Waals surface area contributed by atoms with Crippen molar-refractivity contribution in [1.82, 2.24) is 10.2 Å². The van der Waals surface area contributed by atoms with E-state index in [0.717, 1.165) is 22.9 Å². The minimum Gasteiger partial charge on any atom is -0.454 e. The van der Waals surface area contributed by atoms with Crippen molar-refractivity contribution in [2.45, 2.75) is 12.1 Å². The summed E-state index contributed by atoms with van der Waals surface area (Å²) in [6.07, 6.45) is 0. The molecule has 1 aliphatic heterocycles. The number of thioether (sulfide) groups is 1. The maximum absolute atomic E-state index is 12.2. The highest BCUT2D eigenvalue weighted by molar-refractivity contribution is 7.99. The third-order valence-electron chi connectivity index (χ3n) is 3.73. The van der Waals surface area contributed by atoms with Crippen LogP contribution in [0.2, 0.25) is 5.02 Å². The molecule has 0 bridgehead atoms. The van der Waals surface area contributed by atoms with Gasteiger partial charge in [0.15, 0.2) is 11.5 Å². The van der Waals surface area contributed by atoms with Crippen molar-refractivity contribution >= 4 is 35.0 Å². The van der Waals surface area contributed by atoms with Gasteiger partial charge in [-0.1, -0.05) is 41.1 Å². The van der Waals surface area contributed by atoms with E-state index in [9.17, 15) is 4.79 Å². The van der Waals surface area contributed by atoms with E-state index in [1.165, 1.54) is 0 Å². The van der Waals surface area contributed by atoms with E-state index < -0.39 is 0 Å². The van der Waals surface area contributed by atoms with Crippen molar-refractivity contribution in [3.8, 4) is 23.0 Å². The van der Waals surface area contributed by atoms with Crippen molar-refractivity contribution < 1.29 is 18.7 Å². The molecule has 0 saturated heterocycles. The second-order valence-corrected chi connectivity index (χ2v) is 7.10. The van der Waals surface area contributed by atoms with Crippen LogP contribution in [0, 0.1) is 6.92 Å². The molecule has 27 heavy (non-hydrogen) atoms. The van der Waals surface area contributed by atoms with Gasteiger partial charge < -0.3 is 19.2 Å². The number of aromatic nitrogens is 2. The predicted molar refractivity (Wildman–Crippen MR) is 101 cm³/mol. The summed E-state index contributed by atoms with van der Waals surface area (Å²) in [6, 6.07) is 11.0. The largest absolute Gasteiger partial charge is 0.454 e. The van der Waals surface area contributed by atoms with Crippen molar-refractivity contribution in [2.75, 3.05) is 17.9 Å². The molecule has 2 aromatic carbocycles. The maximum atomic E-state index is 12.2. The topological polar surface area (TPSA) is 86.5 Å². The van der Waals surface area contributed by atoms with E-state index in [-0.39, 0.29) is 18.5 Å². The molecule has 3 aromatic rings. The van der Waals surface area contributed by atoms with Crippen LogP contribution in [0.3, 0.4) is 0 Å². The van der Waals surface area contributed by atoms with Gasteiger partial charge in [-0.05, 0) is 19.1 Å². The second-order valence-electron chi connectivity index (χ2n) is 5.76. The molecule has 0 atom stereocenters. The Kier molecular flexibility index (Phi) is 4.91. The summed E-state index contributed by atoms with van der Waals surface area (Å²) in [6.45, 7) is 2.13. The van der Waals surface area contributed by atoms with Gasteiger partial charge in [0.2, 0.25) is 18.6 Å². The summed E-state index contributed by atoms with van der Waals surface area (Å²) >= 11 is 7.30. The molecule has 0 unspecified atom stereocenters. The Morgan fingerprint density at radius 1 is 1.22 bits per heavy atom. The summed E-state index contributed by atoms with van der Waals surface area (Å²) in [5, 5.41) is 11.4. The van der Waals surface area contributed by atoms with Crippen LogP contribution in [0.1, 0.15) is 5.56 Å².